The SMILES string of the molecule is CN=C(NCc1cccc(NC(=O)C2CCCO2)c1)NC1CCC(C)CC1. The number of nitrogens with zero attached hydrogens (tertiary/aromatic N) is 1. The maximum Gasteiger partial charge on any atom is 0.253 e. The van der Waals surface area contributed by atoms with E-state index < -0.39 is 0 Å². The highest BCUT2D eigenvalue weighted by Gasteiger charge is 2.23. The summed E-state index contributed by atoms with van der Waals surface area (Å²) in [4.78, 5) is 16.5. The number of carbonyl (C=O) groups is 1. The van der Waals surface area contributed by atoms with Crippen LogP contribution in [-0.4, -0.2) is 37.7 Å². The van der Waals surface area contributed by atoms with Crippen molar-refractivity contribution in [1.82, 2.24) is 10.6 Å². The van der Waals surface area contributed by atoms with Gasteiger partial charge in [0.1, 0.15) is 6.10 Å². The molecule has 1 aromatic rings. The molecule has 1 unspecified atom stereocenters. The maximum atomic E-state index is 12.2. The van der Waals surface area contributed by atoms with Crippen LogP contribution < -0.4 is 16.0 Å². The molecule has 0 bridgehead atoms. The van der Waals surface area contributed by atoms with Crippen LogP contribution in [0.5, 0.6) is 0 Å². The number of rotatable bonds is 5. The quantitative estimate of drug-likeness (QED) is 0.549. The molecule has 6 nitrogen and oxygen atoms in total. The largest absolute Gasteiger partial charge is 0.368 e. The summed E-state index contributed by atoms with van der Waals surface area (Å²) in [5.41, 5.74) is 1.90. The third-order valence-corrected chi connectivity index (χ3v) is 5.46. The van der Waals surface area contributed by atoms with Gasteiger partial charge in [-0.15, -0.1) is 0 Å². The highest BCUT2D eigenvalue weighted by molar-refractivity contribution is 5.94. The number of amides is 1. The minimum absolute atomic E-state index is 0.0541. The number of hydrogen-bond acceptors (Lipinski definition) is 3. The number of carbonyl (C=O) groups excluding carboxylic acids is 1. The van der Waals surface area contributed by atoms with Gasteiger partial charge in [-0.05, 0) is 62.1 Å². The second kappa shape index (κ2) is 9.74. The van der Waals surface area contributed by atoms with E-state index in [-0.39, 0.29) is 12.0 Å². The van der Waals surface area contributed by atoms with Gasteiger partial charge in [-0.2, -0.15) is 0 Å². The lowest BCUT2D eigenvalue weighted by atomic mass is 9.87. The molecule has 0 aromatic heterocycles. The molecule has 1 aliphatic heterocycles. The van der Waals surface area contributed by atoms with Gasteiger partial charge < -0.3 is 20.7 Å². The zero-order valence-corrected chi connectivity index (χ0v) is 16.5. The third-order valence-electron chi connectivity index (χ3n) is 5.46. The second-order valence-electron chi connectivity index (χ2n) is 7.72. The smallest absolute Gasteiger partial charge is 0.253 e. The van der Waals surface area contributed by atoms with Crippen molar-refractivity contribution in [3.8, 4) is 0 Å². The summed E-state index contributed by atoms with van der Waals surface area (Å²) in [5.74, 6) is 1.62. The van der Waals surface area contributed by atoms with Gasteiger partial charge in [0.25, 0.3) is 5.91 Å². The van der Waals surface area contributed by atoms with Crippen molar-refractivity contribution in [3.05, 3.63) is 29.8 Å². The first kappa shape index (κ1) is 19.7. The molecule has 1 aromatic carbocycles. The molecule has 148 valence electrons. The second-order valence-corrected chi connectivity index (χ2v) is 7.72. The maximum absolute atomic E-state index is 12.2. The van der Waals surface area contributed by atoms with E-state index in [4.69, 9.17) is 4.74 Å². The van der Waals surface area contributed by atoms with Crippen LogP contribution in [0.25, 0.3) is 0 Å². The van der Waals surface area contributed by atoms with E-state index in [1.807, 2.05) is 24.3 Å². The van der Waals surface area contributed by atoms with Crippen LogP contribution in [0.15, 0.2) is 29.3 Å². The zero-order chi connectivity index (χ0) is 19.1. The minimum Gasteiger partial charge on any atom is -0.368 e. The van der Waals surface area contributed by atoms with Crippen molar-refractivity contribution in [2.24, 2.45) is 10.9 Å². The van der Waals surface area contributed by atoms with Gasteiger partial charge >= 0.3 is 0 Å². The average molecular weight is 373 g/mol. The van der Waals surface area contributed by atoms with Crippen molar-refractivity contribution < 1.29 is 9.53 Å². The molecule has 1 amide bonds. The van der Waals surface area contributed by atoms with Crippen molar-refractivity contribution in [2.45, 2.75) is 64.1 Å². The van der Waals surface area contributed by atoms with Gasteiger partial charge in [0.2, 0.25) is 0 Å². The fourth-order valence-electron chi connectivity index (χ4n) is 3.74. The van der Waals surface area contributed by atoms with E-state index in [2.05, 4.69) is 27.9 Å². The molecule has 1 heterocycles. The van der Waals surface area contributed by atoms with Crippen LogP contribution in [0, 0.1) is 5.92 Å². The third kappa shape index (κ3) is 5.96. The summed E-state index contributed by atoms with van der Waals surface area (Å²) in [6, 6.07) is 8.41. The highest BCUT2D eigenvalue weighted by Crippen LogP contribution is 2.23. The lowest BCUT2D eigenvalue weighted by Gasteiger charge is -2.28. The Bertz CT molecular complexity index is 647. The van der Waals surface area contributed by atoms with Crippen LogP contribution in [0.3, 0.4) is 0 Å². The number of benzene rings is 1. The van der Waals surface area contributed by atoms with Gasteiger partial charge in [-0.25, -0.2) is 0 Å². The Balaban J connectivity index is 1.48. The standard InChI is InChI=1S/C21H32N4O2/c1-15-8-10-17(11-9-15)25-21(22-2)23-14-16-5-3-6-18(13-16)24-20(26)19-7-4-12-27-19/h3,5-6,13,15,17,19H,4,7-12,14H2,1-2H3,(H,24,26)(H2,22,23,25). The fraction of sp³-hybridized carbons (Fsp3) is 0.619. The predicted molar refractivity (Wildman–Crippen MR) is 109 cm³/mol. The molecule has 1 atom stereocenters. The molecule has 1 aliphatic carbocycles. The number of guanidine groups is 1. The highest BCUT2D eigenvalue weighted by atomic mass is 16.5. The van der Waals surface area contributed by atoms with Gasteiger partial charge in [-0.3, -0.25) is 9.79 Å². The van der Waals surface area contributed by atoms with E-state index in [1.54, 1.807) is 7.05 Å². The van der Waals surface area contributed by atoms with Gasteiger partial charge in [-0.1, -0.05) is 19.1 Å². The summed E-state index contributed by atoms with van der Waals surface area (Å²) in [7, 11) is 1.80. The van der Waals surface area contributed by atoms with Gasteiger partial charge in [0, 0.05) is 31.9 Å². The van der Waals surface area contributed by atoms with Crippen molar-refractivity contribution in [1.29, 1.82) is 0 Å². The molecule has 3 rings (SSSR count). The summed E-state index contributed by atoms with van der Waals surface area (Å²) < 4.78 is 5.44. The number of nitrogens with one attached hydrogen (secondary N) is 3. The van der Waals surface area contributed by atoms with E-state index in [9.17, 15) is 4.79 Å². The van der Waals surface area contributed by atoms with Gasteiger partial charge in [0.15, 0.2) is 5.96 Å². The molecule has 0 radical (unpaired) electrons. The van der Waals surface area contributed by atoms with E-state index >= 15 is 0 Å². The summed E-state index contributed by atoms with van der Waals surface area (Å²) in [6.07, 6.45) is 6.40. The molecule has 1 saturated heterocycles. The molecular formula is C21H32N4O2. The van der Waals surface area contributed by atoms with E-state index in [0.29, 0.717) is 19.2 Å². The van der Waals surface area contributed by atoms with Crippen molar-refractivity contribution >= 4 is 17.6 Å². The molecule has 3 N–H and O–H groups in total. The van der Waals surface area contributed by atoms with Crippen molar-refractivity contribution in [3.63, 3.8) is 0 Å². The number of aliphatic imine (C=N–C) groups is 1. The monoisotopic (exact) mass is 372 g/mol. The van der Waals surface area contributed by atoms with Crippen LogP contribution >= 0.6 is 0 Å². The van der Waals surface area contributed by atoms with Crippen molar-refractivity contribution in [2.75, 3.05) is 19.0 Å². The Morgan fingerprint density at radius 3 is 2.74 bits per heavy atom. The molecule has 2 aliphatic rings. The summed E-state index contributed by atoms with van der Waals surface area (Å²) in [5, 5.41) is 9.87. The fourth-order valence-corrected chi connectivity index (χ4v) is 3.74. The lowest BCUT2D eigenvalue weighted by molar-refractivity contribution is -0.124. The summed E-state index contributed by atoms with van der Waals surface area (Å²) in [6.45, 7) is 3.66. The van der Waals surface area contributed by atoms with Crippen LogP contribution in [0.2, 0.25) is 0 Å². The predicted octanol–water partition coefficient (Wildman–Crippen LogP) is 3.05. The van der Waals surface area contributed by atoms with Crippen LogP contribution in [0.4, 0.5) is 5.69 Å². The number of hydrogen-bond donors (Lipinski definition) is 3. The summed E-state index contributed by atoms with van der Waals surface area (Å²) >= 11 is 0. The Morgan fingerprint density at radius 2 is 2.04 bits per heavy atom. The molecule has 0 spiro atoms. The van der Waals surface area contributed by atoms with Crippen LogP contribution in [0.1, 0.15) is 51.0 Å². The molecule has 1 saturated carbocycles. The average Bonchev–Trinajstić information content (AvgIpc) is 3.22. The first-order valence-electron chi connectivity index (χ1n) is 10.1. The zero-order valence-electron chi connectivity index (χ0n) is 16.5. The molecule has 27 heavy (non-hydrogen) atoms. The van der Waals surface area contributed by atoms with E-state index in [0.717, 1.165) is 36.0 Å². The normalized spacial score (nSPS) is 25.9. The Labute approximate surface area is 162 Å². The first-order valence-corrected chi connectivity index (χ1v) is 10.1. The first-order chi connectivity index (χ1) is 13.1. The molecule has 6 heteroatoms. The van der Waals surface area contributed by atoms with Gasteiger partial charge in [0.05, 0.1) is 0 Å². The Kier molecular flexibility index (Phi) is 7.10. The lowest BCUT2D eigenvalue weighted by Crippen LogP contribution is -2.44. The van der Waals surface area contributed by atoms with E-state index in [1.165, 1.54) is 25.7 Å². The Morgan fingerprint density at radius 1 is 1.22 bits per heavy atom. The minimum atomic E-state index is -0.312. The Hall–Kier alpha value is -2.08. The number of ether oxygens (including phenoxy) is 1. The van der Waals surface area contributed by atoms with Crippen LogP contribution in [-0.2, 0) is 16.1 Å². The molecular weight excluding hydrogens is 340 g/mol. The molecule has 2 fully saturated rings. The topological polar surface area (TPSA) is 74.8 Å². The number of anilines is 1.